The number of benzene rings is 1. The third kappa shape index (κ3) is 3.96. The van der Waals surface area contributed by atoms with Crippen LogP contribution in [-0.4, -0.2) is 44.8 Å². The highest BCUT2D eigenvalue weighted by atomic mass is 16.4. The minimum Gasteiger partial charge on any atom is -0.478 e. The highest BCUT2D eigenvalue weighted by molar-refractivity contribution is 5.88. The molecule has 1 aliphatic rings. The van der Waals surface area contributed by atoms with E-state index in [9.17, 15) is 14.7 Å². The number of nitrogens with zero attached hydrogens (tertiary/aromatic N) is 3. The molecule has 1 aliphatic heterocycles. The molecule has 1 N–H and O–H groups in total. The van der Waals surface area contributed by atoms with Crippen molar-refractivity contribution in [3.63, 3.8) is 0 Å². The molecule has 2 atom stereocenters. The number of amides is 1. The van der Waals surface area contributed by atoms with Gasteiger partial charge in [0, 0.05) is 13.1 Å². The zero-order valence-corrected chi connectivity index (χ0v) is 16.8. The summed E-state index contributed by atoms with van der Waals surface area (Å²) in [6, 6.07) is 10.2. The van der Waals surface area contributed by atoms with Gasteiger partial charge in [-0.15, -0.1) is 0 Å². The lowest BCUT2D eigenvalue weighted by Crippen LogP contribution is -2.43. The van der Waals surface area contributed by atoms with Crippen molar-refractivity contribution in [2.75, 3.05) is 13.1 Å². The number of aromatic carboxylic acids is 1. The number of aromatic nitrogens is 2. The largest absolute Gasteiger partial charge is 0.478 e. The van der Waals surface area contributed by atoms with E-state index >= 15 is 0 Å². The SMILES string of the molecule is CCC(C)C(C(=O)N1CCC(n2ncc(C(=O)O)c2C)CC1)c1ccccc1. The van der Waals surface area contributed by atoms with Gasteiger partial charge in [-0.1, -0.05) is 50.6 Å². The maximum atomic E-state index is 13.3. The van der Waals surface area contributed by atoms with Gasteiger partial charge in [0.2, 0.25) is 5.91 Å². The fourth-order valence-electron chi connectivity index (χ4n) is 4.14. The average molecular weight is 383 g/mol. The zero-order chi connectivity index (χ0) is 20.3. The first-order valence-electron chi connectivity index (χ1n) is 10.0. The second-order valence-electron chi connectivity index (χ2n) is 7.72. The minimum atomic E-state index is -0.949. The molecule has 1 aromatic carbocycles. The van der Waals surface area contributed by atoms with Gasteiger partial charge in [0.25, 0.3) is 0 Å². The highest BCUT2D eigenvalue weighted by Gasteiger charge is 2.33. The van der Waals surface area contributed by atoms with Gasteiger partial charge >= 0.3 is 5.97 Å². The van der Waals surface area contributed by atoms with Crippen LogP contribution in [0.4, 0.5) is 0 Å². The van der Waals surface area contributed by atoms with Crippen molar-refractivity contribution in [2.24, 2.45) is 5.92 Å². The number of piperidine rings is 1. The molecule has 2 aromatic rings. The van der Waals surface area contributed by atoms with Crippen molar-refractivity contribution < 1.29 is 14.7 Å². The van der Waals surface area contributed by atoms with Gasteiger partial charge in [0.15, 0.2) is 0 Å². The van der Waals surface area contributed by atoms with Crippen LogP contribution in [-0.2, 0) is 4.79 Å². The van der Waals surface area contributed by atoms with Gasteiger partial charge in [0.05, 0.1) is 23.9 Å². The standard InChI is InChI=1S/C22H29N3O3/c1-4-15(2)20(17-8-6-5-7-9-17)21(26)24-12-10-18(11-13-24)25-16(3)19(14-23-25)22(27)28/h5-9,14-15,18,20H,4,10-13H2,1-3H3,(H,27,28). The molecule has 150 valence electrons. The molecule has 6 heteroatoms. The van der Waals surface area contributed by atoms with Crippen LogP contribution in [0.2, 0.25) is 0 Å². The number of carbonyl (C=O) groups excluding carboxylic acids is 1. The fraction of sp³-hybridized carbons (Fsp3) is 0.500. The second-order valence-corrected chi connectivity index (χ2v) is 7.72. The Morgan fingerprint density at radius 1 is 1.21 bits per heavy atom. The summed E-state index contributed by atoms with van der Waals surface area (Å²) in [4.78, 5) is 26.6. The summed E-state index contributed by atoms with van der Waals surface area (Å²) in [5.74, 6) is -0.593. The summed E-state index contributed by atoms with van der Waals surface area (Å²) >= 11 is 0. The summed E-state index contributed by atoms with van der Waals surface area (Å²) in [6.07, 6.45) is 3.94. The van der Waals surface area contributed by atoms with Crippen LogP contribution in [0.3, 0.4) is 0 Å². The molecule has 0 saturated carbocycles. The Labute approximate surface area is 166 Å². The molecule has 2 unspecified atom stereocenters. The molecule has 28 heavy (non-hydrogen) atoms. The molecule has 3 rings (SSSR count). The normalized spacial score (nSPS) is 17.3. The van der Waals surface area contributed by atoms with Crippen LogP contribution in [0.15, 0.2) is 36.5 Å². The maximum Gasteiger partial charge on any atom is 0.339 e. The molecule has 1 fully saturated rings. The van der Waals surface area contributed by atoms with Gasteiger partial charge in [-0.2, -0.15) is 5.10 Å². The third-order valence-electron chi connectivity index (χ3n) is 6.03. The Balaban J connectivity index is 1.71. The minimum absolute atomic E-state index is 0.118. The smallest absolute Gasteiger partial charge is 0.339 e. The first-order valence-corrected chi connectivity index (χ1v) is 10.0. The number of likely N-dealkylation sites (tertiary alicyclic amines) is 1. The number of carboxylic acids is 1. The molecule has 1 amide bonds. The average Bonchev–Trinajstić information content (AvgIpc) is 3.10. The van der Waals surface area contributed by atoms with Crippen LogP contribution in [0.1, 0.15) is 66.7 Å². The molecule has 0 aliphatic carbocycles. The Bertz CT molecular complexity index is 823. The topological polar surface area (TPSA) is 75.4 Å². The number of hydrogen-bond acceptors (Lipinski definition) is 3. The van der Waals surface area contributed by atoms with Crippen LogP contribution < -0.4 is 0 Å². The molecular weight excluding hydrogens is 354 g/mol. The van der Waals surface area contributed by atoms with Gasteiger partial charge < -0.3 is 10.0 Å². The maximum absolute atomic E-state index is 13.3. The molecule has 0 spiro atoms. The summed E-state index contributed by atoms with van der Waals surface area (Å²) < 4.78 is 1.81. The lowest BCUT2D eigenvalue weighted by Gasteiger charge is -2.36. The monoisotopic (exact) mass is 383 g/mol. The summed E-state index contributed by atoms with van der Waals surface area (Å²) in [5, 5.41) is 13.5. The van der Waals surface area contributed by atoms with Gasteiger partial charge in [-0.25, -0.2) is 4.79 Å². The predicted octanol–water partition coefficient (Wildman–Crippen LogP) is 3.88. The van der Waals surface area contributed by atoms with E-state index < -0.39 is 5.97 Å². The van der Waals surface area contributed by atoms with Crippen LogP contribution in [0.5, 0.6) is 0 Å². The fourth-order valence-corrected chi connectivity index (χ4v) is 4.14. The van der Waals surface area contributed by atoms with Gasteiger partial charge in [0.1, 0.15) is 5.56 Å². The first-order chi connectivity index (χ1) is 13.4. The van der Waals surface area contributed by atoms with E-state index in [1.54, 1.807) is 6.92 Å². The molecule has 1 aromatic heterocycles. The Morgan fingerprint density at radius 2 is 1.86 bits per heavy atom. The van der Waals surface area contributed by atoms with Crippen molar-refractivity contribution in [1.82, 2.24) is 14.7 Å². The zero-order valence-electron chi connectivity index (χ0n) is 16.8. The van der Waals surface area contributed by atoms with E-state index in [2.05, 4.69) is 18.9 Å². The molecule has 0 radical (unpaired) electrons. The Hall–Kier alpha value is -2.63. The molecule has 6 nitrogen and oxygen atoms in total. The Kier molecular flexibility index (Phi) is 6.17. The summed E-state index contributed by atoms with van der Waals surface area (Å²) in [6.45, 7) is 7.40. The lowest BCUT2D eigenvalue weighted by atomic mass is 9.84. The van der Waals surface area contributed by atoms with Crippen molar-refractivity contribution in [2.45, 2.75) is 52.0 Å². The van der Waals surface area contributed by atoms with E-state index in [0.29, 0.717) is 18.8 Å². The molecular formula is C22H29N3O3. The van der Waals surface area contributed by atoms with Gasteiger partial charge in [-0.3, -0.25) is 9.48 Å². The second kappa shape index (κ2) is 8.59. The van der Waals surface area contributed by atoms with Gasteiger partial charge in [-0.05, 0) is 31.2 Å². The summed E-state index contributed by atoms with van der Waals surface area (Å²) in [5.41, 5.74) is 2.01. The Morgan fingerprint density at radius 3 is 2.39 bits per heavy atom. The number of rotatable bonds is 6. The van der Waals surface area contributed by atoms with E-state index in [1.807, 2.05) is 39.9 Å². The lowest BCUT2D eigenvalue weighted by molar-refractivity contribution is -0.135. The van der Waals surface area contributed by atoms with Crippen LogP contribution in [0.25, 0.3) is 0 Å². The van der Waals surface area contributed by atoms with Crippen LogP contribution in [0, 0.1) is 12.8 Å². The molecule has 1 saturated heterocycles. The highest BCUT2D eigenvalue weighted by Crippen LogP contribution is 2.32. The third-order valence-corrected chi connectivity index (χ3v) is 6.03. The number of carboxylic acid groups (broad SMARTS) is 1. The van der Waals surface area contributed by atoms with E-state index in [-0.39, 0.29) is 29.3 Å². The predicted molar refractivity (Wildman–Crippen MR) is 107 cm³/mol. The first kappa shape index (κ1) is 20.1. The van der Waals surface area contributed by atoms with E-state index in [1.165, 1.54) is 6.20 Å². The number of carbonyl (C=O) groups is 2. The van der Waals surface area contributed by atoms with Crippen molar-refractivity contribution >= 4 is 11.9 Å². The van der Waals surface area contributed by atoms with E-state index in [0.717, 1.165) is 24.8 Å². The van der Waals surface area contributed by atoms with Crippen molar-refractivity contribution in [1.29, 1.82) is 0 Å². The van der Waals surface area contributed by atoms with Crippen LogP contribution >= 0.6 is 0 Å². The summed E-state index contributed by atoms with van der Waals surface area (Å²) in [7, 11) is 0. The quantitative estimate of drug-likeness (QED) is 0.821. The molecule has 2 heterocycles. The number of hydrogen-bond donors (Lipinski definition) is 1. The van der Waals surface area contributed by atoms with Crippen molar-refractivity contribution in [3.8, 4) is 0 Å². The van der Waals surface area contributed by atoms with Crippen molar-refractivity contribution in [3.05, 3.63) is 53.3 Å². The molecule has 0 bridgehead atoms. The van der Waals surface area contributed by atoms with E-state index in [4.69, 9.17) is 0 Å².